The van der Waals surface area contributed by atoms with Crippen LogP contribution in [0.4, 0.5) is 0 Å². The topological polar surface area (TPSA) is 42.0 Å². The van der Waals surface area contributed by atoms with Crippen LogP contribution in [0.15, 0.2) is 42.5 Å². The van der Waals surface area contributed by atoms with Crippen molar-refractivity contribution in [2.75, 3.05) is 26.9 Å². The van der Waals surface area contributed by atoms with Crippen molar-refractivity contribution >= 4 is 5.91 Å². The summed E-state index contributed by atoms with van der Waals surface area (Å²) in [6.45, 7) is 2.42. The fourth-order valence-electron chi connectivity index (χ4n) is 5.15. The number of aryl methyl sites for hydroxylation is 1. The van der Waals surface area contributed by atoms with Gasteiger partial charge >= 0.3 is 0 Å². The molecular formula is C25H30N2O3. The number of benzene rings is 2. The molecule has 2 aromatic rings. The smallest absolute Gasteiger partial charge is 0.231 e. The first kappa shape index (κ1) is 19.4. The standard InChI is InChI=1S/C25H30N2O3/c1-26(25(28)11-9-18-8-10-23-24(13-18)30-17-29-23)21-7-4-12-27(16-21)22-14-19-5-2-3-6-20(19)15-22/h2-3,5-6,8,10,13,21-22H,4,7,9,11-12,14-17H2,1H3. The summed E-state index contributed by atoms with van der Waals surface area (Å²) >= 11 is 0. The molecule has 1 unspecified atom stereocenters. The molecule has 3 aliphatic rings. The maximum absolute atomic E-state index is 12.9. The molecule has 2 aliphatic heterocycles. The van der Waals surface area contributed by atoms with Crippen LogP contribution >= 0.6 is 0 Å². The third-order valence-corrected chi connectivity index (χ3v) is 6.98. The van der Waals surface area contributed by atoms with Gasteiger partial charge in [-0.05, 0) is 67.5 Å². The number of hydrogen-bond acceptors (Lipinski definition) is 4. The minimum Gasteiger partial charge on any atom is -0.454 e. The van der Waals surface area contributed by atoms with Gasteiger partial charge in [0.25, 0.3) is 0 Å². The number of rotatable bonds is 5. The molecule has 1 aliphatic carbocycles. The Bertz CT molecular complexity index is 903. The van der Waals surface area contributed by atoms with E-state index in [1.807, 2.05) is 30.1 Å². The quantitative estimate of drug-likeness (QED) is 0.763. The van der Waals surface area contributed by atoms with Crippen LogP contribution in [-0.2, 0) is 24.1 Å². The molecule has 2 aromatic carbocycles. The first-order valence-electron chi connectivity index (χ1n) is 11.1. The Labute approximate surface area is 178 Å². The Morgan fingerprint density at radius 3 is 2.67 bits per heavy atom. The molecule has 5 rings (SSSR count). The van der Waals surface area contributed by atoms with Crippen molar-refractivity contribution in [2.45, 2.75) is 50.6 Å². The fraction of sp³-hybridized carbons (Fsp3) is 0.480. The number of amides is 1. The van der Waals surface area contributed by atoms with Crippen LogP contribution in [0.25, 0.3) is 0 Å². The molecule has 158 valence electrons. The average molecular weight is 407 g/mol. The van der Waals surface area contributed by atoms with Gasteiger partial charge in [-0.1, -0.05) is 30.3 Å². The fourth-order valence-corrected chi connectivity index (χ4v) is 5.15. The van der Waals surface area contributed by atoms with Gasteiger partial charge in [-0.15, -0.1) is 0 Å². The summed E-state index contributed by atoms with van der Waals surface area (Å²) in [5.41, 5.74) is 4.12. The monoisotopic (exact) mass is 406 g/mol. The molecule has 2 heterocycles. The number of carbonyl (C=O) groups excluding carboxylic acids is 1. The molecule has 0 aromatic heterocycles. The highest BCUT2D eigenvalue weighted by atomic mass is 16.7. The van der Waals surface area contributed by atoms with Gasteiger partial charge in [0.15, 0.2) is 11.5 Å². The predicted molar refractivity (Wildman–Crippen MR) is 116 cm³/mol. The molecule has 0 N–H and O–H groups in total. The van der Waals surface area contributed by atoms with Crippen LogP contribution in [0.1, 0.15) is 36.0 Å². The maximum Gasteiger partial charge on any atom is 0.231 e. The molecule has 5 nitrogen and oxygen atoms in total. The predicted octanol–water partition coefficient (Wildman–Crippen LogP) is 3.44. The van der Waals surface area contributed by atoms with Gasteiger partial charge in [-0.2, -0.15) is 0 Å². The number of piperidine rings is 1. The number of hydrogen-bond donors (Lipinski definition) is 0. The first-order valence-corrected chi connectivity index (χ1v) is 11.1. The van der Waals surface area contributed by atoms with Gasteiger partial charge in [0.2, 0.25) is 12.7 Å². The maximum atomic E-state index is 12.9. The lowest BCUT2D eigenvalue weighted by Gasteiger charge is -2.40. The van der Waals surface area contributed by atoms with E-state index in [1.165, 1.54) is 11.1 Å². The second kappa shape index (κ2) is 8.31. The number of likely N-dealkylation sites (N-methyl/N-ethyl adjacent to an activating group) is 1. The van der Waals surface area contributed by atoms with Crippen molar-refractivity contribution in [1.82, 2.24) is 9.80 Å². The lowest BCUT2D eigenvalue weighted by Crippen LogP contribution is -2.51. The molecule has 1 fully saturated rings. The van der Waals surface area contributed by atoms with E-state index >= 15 is 0 Å². The Hall–Kier alpha value is -2.53. The van der Waals surface area contributed by atoms with E-state index < -0.39 is 0 Å². The first-order chi connectivity index (χ1) is 14.7. The normalized spacial score (nSPS) is 20.9. The molecule has 0 spiro atoms. The van der Waals surface area contributed by atoms with Gasteiger partial charge in [-0.25, -0.2) is 0 Å². The van der Waals surface area contributed by atoms with Gasteiger partial charge in [0.05, 0.1) is 0 Å². The number of nitrogens with zero attached hydrogens (tertiary/aromatic N) is 2. The largest absolute Gasteiger partial charge is 0.454 e. The Balaban J connectivity index is 1.15. The zero-order valence-electron chi connectivity index (χ0n) is 17.7. The average Bonchev–Trinajstić information content (AvgIpc) is 3.43. The van der Waals surface area contributed by atoms with Crippen molar-refractivity contribution in [3.8, 4) is 11.5 Å². The summed E-state index contributed by atoms with van der Waals surface area (Å²) in [4.78, 5) is 17.5. The third kappa shape index (κ3) is 3.91. The van der Waals surface area contributed by atoms with E-state index in [4.69, 9.17) is 9.47 Å². The summed E-state index contributed by atoms with van der Waals surface area (Å²) in [7, 11) is 1.99. The zero-order chi connectivity index (χ0) is 20.5. The Morgan fingerprint density at radius 1 is 1.10 bits per heavy atom. The minimum absolute atomic E-state index is 0.231. The molecular weight excluding hydrogens is 376 g/mol. The lowest BCUT2D eigenvalue weighted by molar-refractivity contribution is -0.133. The Morgan fingerprint density at radius 2 is 1.87 bits per heavy atom. The van der Waals surface area contributed by atoms with Crippen LogP contribution < -0.4 is 9.47 Å². The molecule has 30 heavy (non-hydrogen) atoms. The second-order valence-corrected chi connectivity index (χ2v) is 8.81. The second-order valence-electron chi connectivity index (χ2n) is 8.81. The summed E-state index contributed by atoms with van der Waals surface area (Å²) in [5.74, 6) is 1.81. The van der Waals surface area contributed by atoms with Gasteiger partial charge in [0.1, 0.15) is 0 Å². The number of ether oxygens (including phenoxy) is 2. The number of likely N-dealkylation sites (tertiary alicyclic amines) is 1. The van der Waals surface area contributed by atoms with Crippen LogP contribution in [0.2, 0.25) is 0 Å². The summed E-state index contributed by atoms with van der Waals surface area (Å²) in [5, 5.41) is 0. The van der Waals surface area contributed by atoms with Crippen LogP contribution in [0, 0.1) is 0 Å². The highest BCUT2D eigenvalue weighted by Crippen LogP contribution is 2.33. The summed E-state index contributed by atoms with van der Waals surface area (Å²) < 4.78 is 10.8. The van der Waals surface area contributed by atoms with E-state index in [-0.39, 0.29) is 12.7 Å². The Kier molecular flexibility index (Phi) is 5.38. The third-order valence-electron chi connectivity index (χ3n) is 6.98. The van der Waals surface area contributed by atoms with Crippen molar-refractivity contribution < 1.29 is 14.3 Å². The van der Waals surface area contributed by atoms with Gasteiger partial charge < -0.3 is 14.4 Å². The van der Waals surface area contributed by atoms with Crippen LogP contribution in [0.5, 0.6) is 11.5 Å². The van der Waals surface area contributed by atoms with Crippen molar-refractivity contribution in [3.63, 3.8) is 0 Å². The molecule has 5 heteroatoms. The highest BCUT2D eigenvalue weighted by Gasteiger charge is 2.32. The molecule has 1 saturated heterocycles. The van der Waals surface area contributed by atoms with E-state index in [1.54, 1.807) is 0 Å². The van der Waals surface area contributed by atoms with Crippen molar-refractivity contribution in [2.24, 2.45) is 0 Å². The van der Waals surface area contributed by atoms with Crippen molar-refractivity contribution in [3.05, 3.63) is 59.2 Å². The molecule has 1 amide bonds. The zero-order valence-corrected chi connectivity index (χ0v) is 17.7. The molecule has 1 atom stereocenters. The van der Waals surface area contributed by atoms with E-state index in [0.29, 0.717) is 18.5 Å². The van der Waals surface area contributed by atoms with E-state index in [0.717, 1.165) is 62.3 Å². The van der Waals surface area contributed by atoms with E-state index in [2.05, 4.69) is 29.2 Å². The SMILES string of the molecule is CN(C(=O)CCc1ccc2c(c1)OCO2)C1CCCN(C2Cc3ccccc3C2)C1. The van der Waals surface area contributed by atoms with Crippen molar-refractivity contribution in [1.29, 1.82) is 0 Å². The lowest BCUT2D eigenvalue weighted by atomic mass is 10.0. The molecule has 0 saturated carbocycles. The summed E-state index contributed by atoms with van der Waals surface area (Å²) in [6.07, 6.45) is 5.81. The number of fused-ring (bicyclic) bond motifs is 2. The highest BCUT2D eigenvalue weighted by molar-refractivity contribution is 5.76. The van der Waals surface area contributed by atoms with Crippen LogP contribution in [0.3, 0.4) is 0 Å². The molecule has 0 bridgehead atoms. The molecule has 0 radical (unpaired) electrons. The van der Waals surface area contributed by atoms with Crippen LogP contribution in [-0.4, -0.2) is 54.7 Å². The minimum atomic E-state index is 0.231. The van der Waals surface area contributed by atoms with Gasteiger partial charge in [-0.3, -0.25) is 9.69 Å². The van der Waals surface area contributed by atoms with E-state index in [9.17, 15) is 4.79 Å². The number of carbonyl (C=O) groups is 1. The summed E-state index contributed by atoms with van der Waals surface area (Å²) in [6, 6.07) is 15.7. The van der Waals surface area contributed by atoms with Gasteiger partial charge in [0, 0.05) is 32.1 Å².